The van der Waals surface area contributed by atoms with Crippen molar-refractivity contribution in [1.29, 1.82) is 0 Å². The Morgan fingerprint density at radius 3 is 1.21 bits per heavy atom. The van der Waals surface area contributed by atoms with Crippen LogP contribution in [-0.2, 0) is 9.59 Å². The maximum atomic E-state index is 12.8. The van der Waals surface area contributed by atoms with Gasteiger partial charge in [0.2, 0.25) is 0 Å². The molecular formula is C28H30O4S2. The van der Waals surface area contributed by atoms with E-state index in [1.165, 1.54) is 0 Å². The molecule has 2 atom stereocenters. The fourth-order valence-electron chi connectivity index (χ4n) is 3.70. The summed E-state index contributed by atoms with van der Waals surface area (Å²) in [7, 11) is 0. The molecule has 178 valence electrons. The highest BCUT2D eigenvalue weighted by atomic mass is 32.2. The SMILES string of the molecule is CCC(C(=O)Oc1ccc(SC)cc1)c1ccc(C(CC)C(=O)Oc2ccc(SC)cc2)cc1. The van der Waals surface area contributed by atoms with Gasteiger partial charge in [0.15, 0.2) is 0 Å². The maximum Gasteiger partial charge on any atom is 0.318 e. The van der Waals surface area contributed by atoms with E-state index >= 15 is 0 Å². The minimum absolute atomic E-state index is 0.285. The Balaban J connectivity index is 1.68. The third kappa shape index (κ3) is 6.67. The quantitative estimate of drug-likeness (QED) is 0.167. The molecule has 34 heavy (non-hydrogen) atoms. The monoisotopic (exact) mass is 494 g/mol. The van der Waals surface area contributed by atoms with E-state index in [0.717, 1.165) is 20.9 Å². The van der Waals surface area contributed by atoms with Crippen molar-refractivity contribution in [2.45, 2.75) is 48.3 Å². The van der Waals surface area contributed by atoms with E-state index in [-0.39, 0.29) is 23.8 Å². The van der Waals surface area contributed by atoms with Gasteiger partial charge in [0.05, 0.1) is 11.8 Å². The van der Waals surface area contributed by atoms with E-state index in [1.807, 2.05) is 99.2 Å². The largest absolute Gasteiger partial charge is 0.426 e. The molecule has 2 unspecified atom stereocenters. The van der Waals surface area contributed by atoms with Crippen LogP contribution in [0.4, 0.5) is 0 Å². The number of carbonyl (C=O) groups excluding carboxylic acids is 2. The van der Waals surface area contributed by atoms with Gasteiger partial charge in [-0.1, -0.05) is 38.1 Å². The average molecular weight is 495 g/mol. The number of hydrogen-bond donors (Lipinski definition) is 0. The maximum absolute atomic E-state index is 12.8. The molecule has 3 rings (SSSR count). The summed E-state index contributed by atoms with van der Waals surface area (Å²) < 4.78 is 11.2. The van der Waals surface area contributed by atoms with Crippen molar-refractivity contribution in [3.8, 4) is 11.5 Å². The average Bonchev–Trinajstić information content (AvgIpc) is 2.87. The molecule has 0 N–H and O–H groups in total. The lowest BCUT2D eigenvalue weighted by molar-refractivity contribution is -0.137. The Hall–Kier alpha value is -2.70. The van der Waals surface area contributed by atoms with Gasteiger partial charge in [-0.3, -0.25) is 9.59 Å². The number of benzene rings is 3. The molecule has 6 heteroatoms. The van der Waals surface area contributed by atoms with Crippen LogP contribution >= 0.6 is 23.5 Å². The van der Waals surface area contributed by atoms with Crippen molar-refractivity contribution in [2.24, 2.45) is 0 Å². The topological polar surface area (TPSA) is 52.6 Å². The van der Waals surface area contributed by atoms with E-state index in [9.17, 15) is 9.59 Å². The number of carbonyl (C=O) groups is 2. The van der Waals surface area contributed by atoms with Crippen molar-refractivity contribution in [3.05, 3.63) is 83.9 Å². The first-order valence-corrected chi connectivity index (χ1v) is 13.7. The molecule has 0 saturated heterocycles. The predicted molar refractivity (Wildman–Crippen MR) is 140 cm³/mol. The molecule has 0 fully saturated rings. The summed E-state index contributed by atoms with van der Waals surface area (Å²) >= 11 is 3.28. The Labute approximate surface area is 210 Å². The van der Waals surface area contributed by atoms with Crippen molar-refractivity contribution < 1.29 is 19.1 Å². The van der Waals surface area contributed by atoms with Crippen LogP contribution in [0.25, 0.3) is 0 Å². The van der Waals surface area contributed by atoms with Crippen molar-refractivity contribution in [1.82, 2.24) is 0 Å². The van der Waals surface area contributed by atoms with E-state index in [0.29, 0.717) is 24.3 Å². The zero-order valence-electron chi connectivity index (χ0n) is 19.9. The molecule has 0 aliphatic heterocycles. The van der Waals surface area contributed by atoms with Gasteiger partial charge in [-0.2, -0.15) is 0 Å². The Morgan fingerprint density at radius 1 is 0.618 bits per heavy atom. The molecule has 0 radical (unpaired) electrons. The number of hydrogen-bond acceptors (Lipinski definition) is 6. The molecule has 3 aromatic carbocycles. The molecule has 3 aromatic rings. The van der Waals surface area contributed by atoms with Gasteiger partial charge in [0.1, 0.15) is 11.5 Å². The molecule has 0 spiro atoms. The van der Waals surface area contributed by atoms with Crippen LogP contribution in [0, 0.1) is 0 Å². The summed E-state index contributed by atoms with van der Waals surface area (Å²) in [4.78, 5) is 27.9. The van der Waals surface area contributed by atoms with Gasteiger partial charge in [0.25, 0.3) is 0 Å². The summed E-state index contributed by atoms with van der Waals surface area (Å²) in [6.07, 6.45) is 5.24. The fraction of sp³-hybridized carbons (Fsp3) is 0.286. The van der Waals surface area contributed by atoms with Crippen LogP contribution < -0.4 is 9.47 Å². The Morgan fingerprint density at radius 2 is 0.941 bits per heavy atom. The summed E-state index contributed by atoms with van der Waals surface area (Å²) in [6.45, 7) is 3.93. The molecule has 0 saturated carbocycles. The minimum atomic E-state index is -0.378. The second-order valence-corrected chi connectivity index (χ2v) is 9.54. The lowest BCUT2D eigenvalue weighted by Crippen LogP contribution is -2.20. The summed E-state index contributed by atoms with van der Waals surface area (Å²) in [6, 6.07) is 22.6. The van der Waals surface area contributed by atoms with Crippen LogP contribution in [-0.4, -0.2) is 24.5 Å². The lowest BCUT2D eigenvalue weighted by Gasteiger charge is -2.18. The molecule has 0 aliphatic carbocycles. The second-order valence-electron chi connectivity index (χ2n) is 7.78. The second kappa shape index (κ2) is 12.7. The van der Waals surface area contributed by atoms with Crippen molar-refractivity contribution in [2.75, 3.05) is 12.5 Å². The Kier molecular flexibility index (Phi) is 9.66. The highest BCUT2D eigenvalue weighted by molar-refractivity contribution is 7.98. The first-order valence-electron chi connectivity index (χ1n) is 11.3. The van der Waals surface area contributed by atoms with E-state index in [1.54, 1.807) is 23.5 Å². The first kappa shape index (κ1) is 25.9. The zero-order valence-corrected chi connectivity index (χ0v) is 21.6. The number of thioether (sulfide) groups is 2. The van der Waals surface area contributed by atoms with E-state index < -0.39 is 0 Å². The van der Waals surface area contributed by atoms with Crippen LogP contribution in [0.3, 0.4) is 0 Å². The van der Waals surface area contributed by atoms with E-state index in [2.05, 4.69) is 0 Å². The van der Waals surface area contributed by atoms with Gasteiger partial charge >= 0.3 is 11.9 Å². The van der Waals surface area contributed by atoms with Crippen molar-refractivity contribution in [3.63, 3.8) is 0 Å². The zero-order chi connectivity index (χ0) is 24.5. The third-order valence-corrected chi connectivity index (χ3v) is 7.17. The van der Waals surface area contributed by atoms with Gasteiger partial charge in [-0.15, -0.1) is 23.5 Å². The van der Waals surface area contributed by atoms with Crippen LogP contribution in [0.2, 0.25) is 0 Å². The van der Waals surface area contributed by atoms with Gasteiger partial charge in [0, 0.05) is 9.79 Å². The minimum Gasteiger partial charge on any atom is -0.426 e. The van der Waals surface area contributed by atoms with Crippen LogP contribution in [0.15, 0.2) is 82.6 Å². The van der Waals surface area contributed by atoms with Gasteiger partial charge in [-0.25, -0.2) is 0 Å². The summed E-state index contributed by atoms with van der Waals surface area (Å²) in [5, 5.41) is 0. The molecule has 0 aromatic heterocycles. The number of ether oxygens (including phenoxy) is 2. The molecule has 0 bridgehead atoms. The summed E-state index contributed by atoms with van der Waals surface area (Å²) in [5.74, 6) is -0.249. The van der Waals surface area contributed by atoms with Gasteiger partial charge < -0.3 is 9.47 Å². The number of rotatable bonds is 10. The normalized spacial score (nSPS) is 12.6. The Bertz CT molecular complexity index is 988. The van der Waals surface area contributed by atoms with Crippen LogP contribution in [0.5, 0.6) is 11.5 Å². The molecule has 0 aliphatic rings. The fourth-order valence-corrected chi connectivity index (χ4v) is 4.52. The predicted octanol–water partition coefficient (Wildman–Crippen LogP) is 7.33. The van der Waals surface area contributed by atoms with Gasteiger partial charge in [-0.05, 0) is 85.0 Å². The first-order chi connectivity index (χ1) is 16.5. The standard InChI is InChI=1S/C28H30O4S2/c1-5-25(27(29)31-21-11-15-23(33-3)16-12-21)19-7-9-20(10-8-19)26(6-2)28(30)32-22-13-17-24(34-4)18-14-22/h7-18,25-26H,5-6H2,1-4H3. The smallest absolute Gasteiger partial charge is 0.318 e. The molecule has 0 amide bonds. The van der Waals surface area contributed by atoms with Crippen LogP contribution in [0.1, 0.15) is 49.7 Å². The van der Waals surface area contributed by atoms with E-state index in [4.69, 9.17) is 9.47 Å². The van der Waals surface area contributed by atoms with Crippen molar-refractivity contribution >= 4 is 35.5 Å². The highest BCUT2D eigenvalue weighted by Crippen LogP contribution is 2.28. The number of esters is 2. The third-order valence-electron chi connectivity index (χ3n) is 5.68. The molecule has 4 nitrogen and oxygen atoms in total. The molecule has 0 heterocycles. The highest BCUT2D eigenvalue weighted by Gasteiger charge is 2.24. The lowest BCUT2D eigenvalue weighted by atomic mass is 9.91. The summed E-state index contributed by atoms with van der Waals surface area (Å²) in [5.41, 5.74) is 1.74. The molecular weight excluding hydrogens is 464 g/mol.